The lowest BCUT2D eigenvalue weighted by atomic mass is 9.98. The molecule has 7 nitrogen and oxygen atoms in total. The van der Waals surface area contributed by atoms with Crippen LogP contribution in [0.4, 0.5) is 5.82 Å². The number of anilines is 1. The largest absolute Gasteiger partial charge is 0.503 e. The molecule has 0 spiro atoms. The Labute approximate surface area is 201 Å². The summed E-state index contributed by atoms with van der Waals surface area (Å²) in [4.78, 5) is 33.0. The van der Waals surface area contributed by atoms with Gasteiger partial charge in [0.2, 0.25) is 5.76 Å². The number of fused-ring (bicyclic) bond motifs is 2. The normalized spacial score (nSPS) is 15.2. The highest BCUT2D eigenvalue weighted by Crippen LogP contribution is 2.44. The molecule has 2 aromatic heterocycles. The lowest BCUT2D eigenvalue weighted by Gasteiger charge is -2.25. The summed E-state index contributed by atoms with van der Waals surface area (Å²) in [6.45, 7) is 1.89. The Bertz CT molecular complexity index is 1500. The summed E-state index contributed by atoms with van der Waals surface area (Å²) in [5.74, 6) is -0.117. The number of amides is 1. The van der Waals surface area contributed by atoms with E-state index in [0.29, 0.717) is 20.9 Å². The zero-order chi connectivity index (χ0) is 23.4. The van der Waals surface area contributed by atoms with Gasteiger partial charge in [-0.15, -0.1) is 0 Å². The van der Waals surface area contributed by atoms with Crippen molar-refractivity contribution in [2.45, 2.75) is 13.0 Å². The number of rotatable bonds is 3. The number of nitrogens with zero attached hydrogens (tertiary/aromatic N) is 2. The Morgan fingerprint density at radius 3 is 2.67 bits per heavy atom. The molecule has 166 valence electrons. The number of carbonyl (C=O) groups is 1. The molecule has 0 saturated heterocycles. The molecule has 0 aliphatic carbocycles. The van der Waals surface area contributed by atoms with Gasteiger partial charge in [-0.25, -0.2) is 4.98 Å². The molecule has 1 N–H and O–H groups in total. The third-order valence-corrected chi connectivity index (χ3v) is 6.40. The number of benzene rings is 2. The number of ether oxygens (including phenoxy) is 1. The number of aromatic nitrogens is 1. The number of aryl methyl sites for hydroxylation is 1. The minimum absolute atomic E-state index is 0.0645. The number of phenolic OH excluding ortho intramolecular Hbond substituents is 1. The van der Waals surface area contributed by atoms with Crippen LogP contribution in [-0.2, 0) is 0 Å². The highest BCUT2D eigenvalue weighted by molar-refractivity contribution is 9.10. The molecule has 0 fully saturated rings. The lowest BCUT2D eigenvalue weighted by molar-refractivity contribution is 0.0970. The summed E-state index contributed by atoms with van der Waals surface area (Å²) < 4.78 is 11.6. The van der Waals surface area contributed by atoms with Crippen LogP contribution in [0.2, 0.25) is 5.02 Å². The van der Waals surface area contributed by atoms with E-state index in [1.165, 1.54) is 18.1 Å². The lowest BCUT2D eigenvalue weighted by Crippen LogP contribution is -2.30. The van der Waals surface area contributed by atoms with Gasteiger partial charge in [0.15, 0.2) is 16.9 Å². The second kappa shape index (κ2) is 7.90. The number of halogens is 2. The number of methoxy groups -OCH3 is 1. The highest BCUT2D eigenvalue weighted by Gasteiger charge is 2.44. The van der Waals surface area contributed by atoms with E-state index in [4.69, 9.17) is 20.8 Å². The third-order valence-electron chi connectivity index (χ3n) is 5.56. The van der Waals surface area contributed by atoms with Crippen LogP contribution in [0.5, 0.6) is 11.5 Å². The van der Waals surface area contributed by atoms with Gasteiger partial charge in [0.25, 0.3) is 5.91 Å². The topological polar surface area (TPSA) is 92.9 Å². The van der Waals surface area contributed by atoms with Crippen LogP contribution >= 0.6 is 27.5 Å². The first-order chi connectivity index (χ1) is 15.8. The van der Waals surface area contributed by atoms with Crippen LogP contribution in [0, 0.1) is 6.92 Å². The average Bonchev–Trinajstić information content (AvgIpc) is 3.09. The molecule has 1 unspecified atom stereocenters. The molecule has 1 atom stereocenters. The fourth-order valence-electron chi connectivity index (χ4n) is 4.01. The predicted molar refractivity (Wildman–Crippen MR) is 127 cm³/mol. The van der Waals surface area contributed by atoms with Gasteiger partial charge in [-0.3, -0.25) is 14.5 Å². The Kier molecular flexibility index (Phi) is 5.14. The van der Waals surface area contributed by atoms with Crippen molar-refractivity contribution in [2.24, 2.45) is 0 Å². The summed E-state index contributed by atoms with van der Waals surface area (Å²) >= 11 is 9.45. The van der Waals surface area contributed by atoms with Gasteiger partial charge in [-0.1, -0.05) is 17.7 Å². The number of hydrogen-bond donors (Lipinski definition) is 1. The fourth-order valence-corrected chi connectivity index (χ4v) is 4.64. The second-order valence-corrected chi connectivity index (χ2v) is 8.93. The van der Waals surface area contributed by atoms with E-state index in [0.717, 1.165) is 5.56 Å². The van der Waals surface area contributed by atoms with E-state index in [-0.39, 0.29) is 39.2 Å². The second-order valence-electron chi connectivity index (χ2n) is 7.64. The first kappa shape index (κ1) is 21.5. The molecule has 0 bridgehead atoms. The molecule has 33 heavy (non-hydrogen) atoms. The van der Waals surface area contributed by atoms with E-state index in [1.807, 2.05) is 13.0 Å². The number of hydrogen-bond acceptors (Lipinski definition) is 6. The van der Waals surface area contributed by atoms with E-state index in [2.05, 4.69) is 20.9 Å². The van der Waals surface area contributed by atoms with Gasteiger partial charge in [-0.05, 0) is 70.4 Å². The minimum Gasteiger partial charge on any atom is -0.503 e. The molecule has 5 rings (SSSR count). The molecule has 9 heteroatoms. The molecule has 0 saturated carbocycles. The number of phenols is 1. The standard InChI is InChI=1S/C24H16BrClN2O5/c1-11-3-6-18(27-10-11)28-20(12-7-15(25)22(30)17(8-12)32-2)19-21(29)14-9-13(26)4-5-16(14)33-23(19)24(28)31/h3-10,20,30H,1-2H3. The molecule has 1 aliphatic rings. The van der Waals surface area contributed by atoms with Crippen LogP contribution in [-0.4, -0.2) is 23.1 Å². The maximum Gasteiger partial charge on any atom is 0.296 e. The smallest absolute Gasteiger partial charge is 0.296 e. The van der Waals surface area contributed by atoms with Crippen molar-refractivity contribution in [3.63, 3.8) is 0 Å². The summed E-state index contributed by atoms with van der Waals surface area (Å²) in [6.07, 6.45) is 1.64. The van der Waals surface area contributed by atoms with Crippen LogP contribution in [0.3, 0.4) is 0 Å². The first-order valence-corrected chi connectivity index (χ1v) is 11.1. The quantitative estimate of drug-likeness (QED) is 0.385. The first-order valence-electron chi connectivity index (χ1n) is 9.89. The molecule has 2 aromatic carbocycles. The summed E-state index contributed by atoms with van der Waals surface area (Å²) in [7, 11) is 1.42. The van der Waals surface area contributed by atoms with E-state index < -0.39 is 11.9 Å². The van der Waals surface area contributed by atoms with Crippen molar-refractivity contribution in [2.75, 3.05) is 12.0 Å². The van der Waals surface area contributed by atoms with Gasteiger partial charge < -0.3 is 14.3 Å². The summed E-state index contributed by atoms with van der Waals surface area (Å²) in [6, 6.07) is 10.6. The molecule has 1 aliphatic heterocycles. The molecular formula is C24H16BrClN2O5. The van der Waals surface area contributed by atoms with Crippen molar-refractivity contribution in [3.05, 3.63) is 90.8 Å². The summed E-state index contributed by atoms with van der Waals surface area (Å²) in [5, 5.41) is 10.9. The van der Waals surface area contributed by atoms with Gasteiger partial charge >= 0.3 is 0 Å². The molecule has 4 aromatic rings. The van der Waals surface area contributed by atoms with Crippen molar-refractivity contribution in [1.82, 2.24) is 4.98 Å². The van der Waals surface area contributed by atoms with Crippen LogP contribution in [0.15, 0.2) is 62.3 Å². The third kappa shape index (κ3) is 3.37. The molecule has 1 amide bonds. The van der Waals surface area contributed by atoms with Crippen LogP contribution in [0.25, 0.3) is 11.0 Å². The van der Waals surface area contributed by atoms with E-state index in [9.17, 15) is 14.7 Å². The van der Waals surface area contributed by atoms with Crippen molar-refractivity contribution >= 4 is 50.2 Å². The maximum absolute atomic E-state index is 13.6. The summed E-state index contributed by atoms with van der Waals surface area (Å²) in [5.41, 5.74) is 1.50. The average molecular weight is 528 g/mol. The zero-order valence-corrected chi connectivity index (χ0v) is 19.8. The Morgan fingerprint density at radius 2 is 1.97 bits per heavy atom. The number of carbonyl (C=O) groups excluding carboxylic acids is 1. The minimum atomic E-state index is -0.867. The number of aromatic hydroxyl groups is 1. The SMILES string of the molecule is COc1cc(C2c3c(oc4ccc(Cl)cc4c3=O)C(=O)N2c2ccc(C)cn2)cc(Br)c1O. The van der Waals surface area contributed by atoms with Crippen LogP contribution in [0.1, 0.15) is 33.3 Å². The van der Waals surface area contributed by atoms with E-state index >= 15 is 0 Å². The molecule has 0 radical (unpaired) electrons. The van der Waals surface area contributed by atoms with Crippen molar-refractivity contribution in [1.29, 1.82) is 0 Å². The highest BCUT2D eigenvalue weighted by atomic mass is 79.9. The molecule has 3 heterocycles. The van der Waals surface area contributed by atoms with Crippen LogP contribution < -0.4 is 15.1 Å². The van der Waals surface area contributed by atoms with Gasteiger partial charge in [0, 0.05) is 11.2 Å². The van der Waals surface area contributed by atoms with Gasteiger partial charge in [-0.2, -0.15) is 0 Å². The molecular weight excluding hydrogens is 512 g/mol. The van der Waals surface area contributed by atoms with Gasteiger partial charge in [0.1, 0.15) is 11.4 Å². The van der Waals surface area contributed by atoms with Gasteiger partial charge in [0.05, 0.1) is 28.6 Å². The monoisotopic (exact) mass is 526 g/mol. The van der Waals surface area contributed by atoms with Crippen molar-refractivity contribution in [3.8, 4) is 11.5 Å². The number of pyridine rings is 1. The van der Waals surface area contributed by atoms with Crippen molar-refractivity contribution < 1.29 is 19.1 Å². The Hall–Kier alpha value is -3.36. The predicted octanol–water partition coefficient (Wildman–Crippen LogP) is 5.38. The Morgan fingerprint density at radius 1 is 1.18 bits per heavy atom. The maximum atomic E-state index is 13.6. The zero-order valence-electron chi connectivity index (χ0n) is 17.4. The van der Waals surface area contributed by atoms with E-state index in [1.54, 1.807) is 36.5 Å². The Balaban J connectivity index is 1.84. The fraction of sp³-hybridized carbons (Fsp3) is 0.125.